The van der Waals surface area contributed by atoms with Crippen molar-refractivity contribution in [2.24, 2.45) is 11.8 Å². The molecule has 0 saturated carbocycles. The summed E-state index contributed by atoms with van der Waals surface area (Å²) < 4.78 is 0.744. The van der Waals surface area contributed by atoms with Gasteiger partial charge >= 0.3 is 0 Å². The zero-order chi connectivity index (χ0) is 13.7. The van der Waals surface area contributed by atoms with Crippen LogP contribution < -0.4 is 21.5 Å². The maximum absolute atomic E-state index is 11.5. The highest BCUT2D eigenvalue weighted by Gasteiger charge is 2.16. The van der Waals surface area contributed by atoms with Gasteiger partial charge in [-0.2, -0.15) is 4.98 Å². The highest BCUT2D eigenvalue weighted by molar-refractivity contribution is 9.10. The van der Waals surface area contributed by atoms with Crippen LogP contribution in [0.25, 0.3) is 0 Å². The first kappa shape index (κ1) is 14.7. The van der Waals surface area contributed by atoms with Gasteiger partial charge in [-0.1, -0.05) is 6.92 Å². The first-order chi connectivity index (χ1) is 8.49. The predicted molar refractivity (Wildman–Crippen MR) is 74.0 cm³/mol. The molecule has 1 amide bonds. The summed E-state index contributed by atoms with van der Waals surface area (Å²) in [5.74, 6) is 6.12. The second kappa shape index (κ2) is 6.50. The van der Waals surface area contributed by atoms with Crippen LogP contribution in [-0.2, 0) is 4.79 Å². The number of halogens is 1. The Morgan fingerprint density at radius 3 is 2.89 bits per heavy atom. The Labute approximate surface area is 114 Å². The third-order valence-corrected chi connectivity index (χ3v) is 3.02. The highest BCUT2D eigenvalue weighted by Crippen LogP contribution is 2.23. The highest BCUT2D eigenvalue weighted by atomic mass is 79.9. The number of nitrogens with zero attached hydrogens (tertiary/aromatic N) is 3. The van der Waals surface area contributed by atoms with Crippen molar-refractivity contribution in [3.8, 4) is 0 Å². The molecule has 1 rings (SSSR count). The van der Waals surface area contributed by atoms with Crippen molar-refractivity contribution >= 4 is 33.6 Å². The van der Waals surface area contributed by atoms with E-state index in [1.807, 2.05) is 18.9 Å². The molecule has 0 aliphatic carbocycles. The number of carbonyl (C=O) groups is 1. The Morgan fingerprint density at radius 1 is 1.67 bits per heavy atom. The van der Waals surface area contributed by atoms with Gasteiger partial charge in [-0.05, 0) is 15.9 Å². The minimum Gasteiger partial charge on any atom is -0.359 e. The van der Waals surface area contributed by atoms with Crippen LogP contribution in [0.5, 0.6) is 0 Å². The van der Waals surface area contributed by atoms with Crippen LogP contribution in [0.2, 0.25) is 0 Å². The Morgan fingerprint density at radius 2 is 2.33 bits per heavy atom. The van der Waals surface area contributed by atoms with Gasteiger partial charge in [-0.15, -0.1) is 0 Å². The zero-order valence-corrected chi connectivity index (χ0v) is 12.2. The van der Waals surface area contributed by atoms with Gasteiger partial charge in [0.2, 0.25) is 11.9 Å². The number of aromatic nitrogens is 2. The normalized spacial score (nSPS) is 11.8. The van der Waals surface area contributed by atoms with Crippen molar-refractivity contribution in [3.05, 3.63) is 10.7 Å². The third kappa shape index (κ3) is 3.54. The summed E-state index contributed by atoms with van der Waals surface area (Å²) in [5.41, 5.74) is 2.39. The van der Waals surface area contributed by atoms with E-state index in [1.165, 1.54) is 0 Å². The largest absolute Gasteiger partial charge is 0.359 e. The van der Waals surface area contributed by atoms with Crippen molar-refractivity contribution in [2.45, 2.75) is 6.92 Å². The summed E-state index contributed by atoms with van der Waals surface area (Å²) in [7, 11) is 3.47. The number of carbonyl (C=O) groups excluding carboxylic acids is 1. The molecule has 100 valence electrons. The van der Waals surface area contributed by atoms with E-state index >= 15 is 0 Å². The van der Waals surface area contributed by atoms with Crippen molar-refractivity contribution in [2.75, 3.05) is 31.0 Å². The lowest BCUT2D eigenvalue weighted by Gasteiger charge is -2.22. The van der Waals surface area contributed by atoms with E-state index in [-0.39, 0.29) is 11.8 Å². The number of rotatable bonds is 5. The number of hydrogen-bond donors (Lipinski definition) is 3. The summed E-state index contributed by atoms with van der Waals surface area (Å²) in [4.78, 5) is 21.5. The second-order valence-corrected chi connectivity index (χ2v) is 4.76. The van der Waals surface area contributed by atoms with Crippen LogP contribution in [0.4, 0.5) is 11.8 Å². The molecule has 8 heteroatoms. The SMILES string of the molecule is CNC(=O)C(C)CN(C)c1nc(NN)ncc1Br. The zero-order valence-electron chi connectivity index (χ0n) is 10.6. The van der Waals surface area contributed by atoms with Gasteiger partial charge in [-0.3, -0.25) is 10.2 Å². The fraction of sp³-hybridized carbons (Fsp3) is 0.500. The molecule has 0 bridgehead atoms. The average Bonchev–Trinajstić information content (AvgIpc) is 2.38. The molecule has 18 heavy (non-hydrogen) atoms. The molecule has 0 aromatic carbocycles. The number of amides is 1. The lowest BCUT2D eigenvalue weighted by atomic mass is 10.1. The van der Waals surface area contributed by atoms with E-state index in [0.717, 1.165) is 4.47 Å². The van der Waals surface area contributed by atoms with Crippen LogP contribution in [0.1, 0.15) is 6.92 Å². The molecule has 0 radical (unpaired) electrons. The number of anilines is 2. The topological polar surface area (TPSA) is 96.2 Å². The van der Waals surface area contributed by atoms with E-state index in [9.17, 15) is 4.79 Å². The molecular formula is C10H17BrN6O. The summed E-state index contributed by atoms with van der Waals surface area (Å²) in [6, 6.07) is 0. The quantitative estimate of drug-likeness (QED) is 0.535. The molecule has 0 saturated heterocycles. The lowest BCUT2D eigenvalue weighted by Crippen LogP contribution is -2.35. The Balaban J connectivity index is 2.83. The molecule has 0 spiro atoms. The van der Waals surface area contributed by atoms with Crippen molar-refractivity contribution in [1.29, 1.82) is 0 Å². The van der Waals surface area contributed by atoms with E-state index in [0.29, 0.717) is 18.3 Å². The van der Waals surface area contributed by atoms with Gasteiger partial charge in [0.1, 0.15) is 5.82 Å². The lowest BCUT2D eigenvalue weighted by molar-refractivity contribution is -0.123. The van der Waals surface area contributed by atoms with Crippen molar-refractivity contribution < 1.29 is 4.79 Å². The molecule has 0 fully saturated rings. The smallest absolute Gasteiger partial charge is 0.239 e. The third-order valence-electron chi connectivity index (χ3n) is 2.46. The first-order valence-electron chi connectivity index (χ1n) is 5.41. The molecule has 1 atom stereocenters. The number of nitrogens with two attached hydrogens (primary N) is 1. The van der Waals surface area contributed by atoms with E-state index in [1.54, 1.807) is 13.2 Å². The van der Waals surface area contributed by atoms with Gasteiger partial charge < -0.3 is 10.2 Å². The van der Waals surface area contributed by atoms with Gasteiger partial charge in [0.25, 0.3) is 0 Å². The number of nitrogen functional groups attached to an aromatic ring is 1. The fourth-order valence-electron chi connectivity index (χ4n) is 1.52. The molecule has 1 aromatic heterocycles. The van der Waals surface area contributed by atoms with Crippen LogP contribution >= 0.6 is 15.9 Å². The molecule has 4 N–H and O–H groups in total. The maximum atomic E-state index is 11.5. The standard InChI is InChI=1S/C10H17BrN6O/c1-6(9(18)13-2)5-17(3)8-7(11)4-14-10(15-8)16-12/h4,6H,5,12H2,1-3H3,(H,13,18)(H,14,15,16). The second-order valence-electron chi connectivity index (χ2n) is 3.91. The fourth-order valence-corrected chi connectivity index (χ4v) is 2.02. The predicted octanol–water partition coefficient (Wildman–Crippen LogP) is 0.343. The van der Waals surface area contributed by atoms with E-state index < -0.39 is 0 Å². The first-order valence-corrected chi connectivity index (χ1v) is 6.20. The number of nitrogens with one attached hydrogen (secondary N) is 2. The molecule has 7 nitrogen and oxygen atoms in total. The summed E-state index contributed by atoms with van der Waals surface area (Å²) in [5, 5.41) is 2.62. The van der Waals surface area contributed by atoms with Gasteiger partial charge in [0, 0.05) is 26.8 Å². The maximum Gasteiger partial charge on any atom is 0.239 e. The number of hydrazine groups is 1. The summed E-state index contributed by atoms with van der Waals surface area (Å²) in [6.45, 7) is 2.39. The van der Waals surface area contributed by atoms with Gasteiger partial charge in [0.05, 0.1) is 10.4 Å². The minimum absolute atomic E-state index is 0.01000. The Hall–Kier alpha value is -1.41. The van der Waals surface area contributed by atoms with Crippen LogP contribution in [-0.4, -0.2) is 36.5 Å². The van der Waals surface area contributed by atoms with E-state index in [2.05, 4.69) is 36.6 Å². The number of hydrogen-bond acceptors (Lipinski definition) is 6. The average molecular weight is 317 g/mol. The summed E-state index contributed by atoms with van der Waals surface area (Å²) >= 11 is 3.37. The Bertz CT molecular complexity index is 427. The summed E-state index contributed by atoms with van der Waals surface area (Å²) in [6.07, 6.45) is 1.61. The Kier molecular flexibility index (Phi) is 5.29. The van der Waals surface area contributed by atoms with Crippen LogP contribution in [0.15, 0.2) is 10.7 Å². The molecule has 1 unspecified atom stereocenters. The van der Waals surface area contributed by atoms with E-state index in [4.69, 9.17) is 5.84 Å². The van der Waals surface area contributed by atoms with Crippen LogP contribution in [0, 0.1) is 5.92 Å². The molecule has 0 aliphatic rings. The molecule has 1 aromatic rings. The molecular weight excluding hydrogens is 300 g/mol. The van der Waals surface area contributed by atoms with Crippen molar-refractivity contribution in [1.82, 2.24) is 15.3 Å². The van der Waals surface area contributed by atoms with Gasteiger partial charge in [-0.25, -0.2) is 10.8 Å². The molecule has 1 heterocycles. The molecule has 0 aliphatic heterocycles. The monoisotopic (exact) mass is 316 g/mol. The van der Waals surface area contributed by atoms with Crippen LogP contribution in [0.3, 0.4) is 0 Å². The van der Waals surface area contributed by atoms with Crippen molar-refractivity contribution in [3.63, 3.8) is 0 Å². The van der Waals surface area contributed by atoms with Gasteiger partial charge in [0.15, 0.2) is 0 Å². The minimum atomic E-state index is -0.142.